The highest BCUT2D eigenvalue weighted by atomic mass is 19.4. The molecule has 0 amide bonds. The van der Waals surface area contributed by atoms with E-state index in [1.165, 1.54) is 0 Å². The van der Waals surface area contributed by atoms with Gasteiger partial charge in [0.2, 0.25) is 0 Å². The van der Waals surface area contributed by atoms with Crippen molar-refractivity contribution in [3.63, 3.8) is 0 Å². The first-order chi connectivity index (χ1) is 5.91. The fraction of sp³-hybridized carbons (Fsp3) is 0.250. The molecule has 0 aliphatic carbocycles. The molecule has 1 aromatic heterocycles. The van der Waals surface area contributed by atoms with Gasteiger partial charge in [-0.05, 0) is 0 Å². The highest BCUT2D eigenvalue weighted by molar-refractivity contribution is 5.82. The zero-order valence-corrected chi connectivity index (χ0v) is 5.78. The van der Waals surface area contributed by atoms with E-state index in [2.05, 4.69) is 20.4 Å². The summed E-state index contributed by atoms with van der Waals surface area (Å²) < 4.78 is 35.3. The second kappa shape index (κ2) is 2.92. The fourth-order valence-corrected chi connectivity index (χ4v) is 0.428. The van der Waals surface area contributed by atoms with Crippen LogP contribution in [0, 0.1) is 0 Å². The van der Waals surface area contributed by atoms with Crippen LogP contribution in [-0.4, -0.2) is 31.5 Å². The molecule has 70 valence electrons. The Kier molecular flexibility index (Phi) is 2.09. The van der Waals surface area contributed by atoms with Gasteiger partial charge in [0.15, 0.2) is 0 Å². The summed E-state index contributed by atoms with van der Waals surface area (Å²) in [6, 6.07) is 0. The van der Waals surface area contributed by atoms with Crippen molar-refractivity contribution in [1.29, 1.82) is 0 Å². The zero-order chi connectivity index (χ0) is 10.1. The van der Waals surface area contributed by atoms with Gasteiger partial charge in [-0.15, -0.1) is 20.4 Å². The lowest BCUT2D eigenvalue weighted by Gasteiger charge is -2.00. The van der Waals surface area contributed by atoms with E-state index in [-0.39, 0.29) is 0 Å². The van der Waals surface area contributed by atoms with Crippen LogP contribution >= 0.6 is 0 Å². The molecule has 0 saturated carbocycles. The molecule has 1 rings (SSSR count). The lowest BCUT2D eigenvalue weighted by atomic mass is 10.6. The van der Waals surface area contributed by atoms with Gasteiger partial charge in [-0.3, -0.25) is 0 Å². The molecule has 0 atom stereocenters. The van der Waals surface area contributed by atoms with Gasteiger partial charge in [0.05, 0.1) is 0 Å². The number of halogens is 3. The van der Waals surface area contributed by atoms with E-state index in [1.807, 2.05) is 0 Å². The van der Waals surface area contributed by atoms with Crippen LogP contribution in [0.4, 0.5) is 13.2 Å². The van der Waals surface area contributed by atoms with Crippen molar-refractivity contribution < 1.29 is 23.1 Å². The summed E-state index contributed by atoms with van der Waals surface area (Å²) in [5.74, 6) is -4.04. The van der Waals surface area contributed by atoms with Crippen LogP contribution in [0.3, 0.4) is 0 Å². The van der Waals surface area contributed by atoms with Crippen molar-refractivity contribution in [2.45, 2.75) is 6.18 Å². The van der Waals surface area contributed by atoms with Gasteiger partial charge in [-0.1, -0.05) is 0 Å². The Morgan fingerprint density at radius 3 is 1.92 bits per heavy atom. The normalized spacial score (nSPS) is 11.3. The van der Waals surface area contributed by atoms with E-state index < -0.39 is 23.8 Å². The molecule has 0 aliphatic heterocycles. The van der Waals surface area contributed by atoms with Crippen molar-refractivity contribution in [3.05, 3.63) is 11.6 Å². The Bertz CT molecular complexity index is 321. The molecule has 1 heterocycles. The molecule has 0 aliphatic rings. The van der Waals surface area contributed by atoms with E-state index in [4.69, 9.17) is 5.11 Å². The Morgan fingerprint density at radius 2 is 1.62 bits per heavy atom. The lowest BCUT2D eigenvalue weighted by molar-refractivity contribution is -0.146. The van der Waals surface area contributed by atoms with Crippen LogP contribution in [0.1, 0.15) is 16.4 Å². The number of rotatable bonds is 1. The van der Waals surface area contributed by atoms with Gasteiger partial charge in [-0.2, -0.15) is 13.2 Å². The zero-order valence-electron chi connectivity index (χ0n) is 5.78. The van der Waals surface area contributed by atoms with Gasteiger partial charge in [0.1, 0.15) is 0 Å². The van der Waals surface area contributed by atoms with Gasteiger partial charge in [0.25, 0.3) is 11.6 Å². The van der Waals surface area contributed by atoms with Crippen molar-refractivity contribution in [3.8, 4) is 0 Å². The summed E-state index contributed by atoms with van der Waals surface area (Å²) in [6.07, 6.45) is -4.77. The largest absolute Gasteiger partial charge is 0.475 e. The minimum atomic E-state index is -4.77. The van der Waals surface area contributed by atoms with E-state index in [9.17, 15) is 18.0 Å². The van der Waals surface area contributed by atoms with Crippen LogP contribution in [0.25, 0.3) is 0 Å². The molecule has 0 unspecified atom stereocenters. The Balaban J connectivity index is 3.01. The number of aromatic nitrogens is 4. The highest BCUT2D eigenvalue weighted by Gasteiger charge is 2.36. The van der Waals surface area contributed by atoms with Crippen LogP contribution in [0.15, 0.2) is 0 Å². The van der Waals surface area contributed by atoms with Crippen LogP contribution < -0.4 is 0 Å². The number of aromatic carboxylic acids is 1. The average Bonchev–Trinajstić information content (AvgIpc) is 2.03. The summed E-state index contributed by atoms with van der Waals surface area (Å²) in [7, 11) is 0. The summed E-state index contributed by atoms with van der Waals surface area (Å²) in [5, 5.41) is 18.7. The number of carbonyl (C=O) groups is 1. The molecule has 0 fully saturated rings. The minimum Gasteiger partial charge on any atom is -0.475 e. The number of hydrogen-bond donors (Lipinski definition) is 1. The fourth-order valence-electron chi connectivity index (χ4n) is 0.428. The molecular weight excluding hydrogens is 193 g/mol. The molecule has 0 saturated heterocycles. The number of carboxylic acids is 1. The molecule has 0 bridgehead atoms. The predicted molar refractivity (Wildman–Crippen MR) is 29.6 cm³/mol. The summed E-state index contributed by atoms with van der Waals surface area (Å²) >= 11 is 0. The molecule has 13 heavy (non-hydrogen) atoms. The number of nitrogens with zero attached hydrogens (tertiary/aromatic N) is 4. The van der Waals surface area contributed by atoms with Crippen LogP contribution in [0.2, 0.25) is 0 Å². The van der Waals surface area contributed by atoms with Crippen molar-refractivity contribution in [2.24, 2.45) is 0 Å². The molecule has 0 radical (unpaired) electrons. The van der Waals surface area contributed by atoms with Crippen LogP contribution in [-0.2, 0) is 6.18 Å². The first-order valence-corrected chi connectivity index (χ1v) is 2.79. The van der Waals surface area contributed by atoms with Crippen molar-refractivity contribution in [2.75, 3.05) is 0 Å². The smallest absolute Gasteiger partial charge is 0.455 e. The maximum Gasteiger partial charge on any atom is 0.455 e. The maximum atomic E-state index is 11.8. The first kappa shape index (κ1) is 9.29. The third-order valence-electron chi connectivity index (χ3n) is 0.924. The Labute approximate surface area is 68.4 Å². The van der Waals surface area contributed by atoms with Gasteiger partial charge in [-0.25, -0.2) is 4.79 Å². The van der Waals surface area contributed by atoms with E-state index >= 15 is 0 Å². The van der Waals surface area contributed by atoms with Crippen LogP contribution in [0.5, 0.6) is 0 Å². The van der Waals surface area contributed by atoms with Gasteiger partial charge in [0, 0.05) is 0 Å². The summed E-state index contributed by atoms with van der Waals surface area (Å²) in [4.78, 5) is 10.1. The SMILES string of the molecule is O=C(O)c1nnc(C(F)(F)F)nn1. The molecular formula is C4HF3N4O2. The van der Waals surface area contributed by atoms with E-state index in [0.717, 1.165) is 0 Å². The van der Waals surface area contributed by atoms with E-state index in [1.54, 1.807) is 0 Å². The molecule has 0 aromatic carbocycles. The number of alkyl halides is 3. The lowest BCUT2D eigenvalue weighted by Crippen LogP contribution is -2.17. The third kappa shape index (κ3) is 2.07. The highest BCUT2D eigenvalue weighted by Crippen LogP contribution is 2.24. The quantitative estimate of drug-likeness (QED) is 0.675. The molecule has 0 spiro atoms. The monoisotopic (exact) mass is 194 g/mol. The maximum absolute atomic E-state index is 11.8. The third-order valence-corrected chi connectivity index (χ3v) is 0.924. The summed E-state index contributed by atoms with van der Waals surface area (Å²) in [6.45, 7) is 0. The molecule has 6 nitrogen and oxygen atoms in total. The van der Waals surface area contributed by atoms with Gasteiger partial charge < -0.3 is 5.11 Å². The van der Waals surface area contributed by atoms with Gasteiger partial charge >= 0.3 is 12.1 Å². The second-order valence-electron chi connectivity index (χ2n) is 1.85. The number of hydrogen-bond acceptors (Lipinski definition) is 5. The Hall–Kier alpha value is -1.80. The first-order valence-electron chi connectivity index (χ1n) is 2.79. The molecule has 9 heteroatoms. The number of carboxylic acid groups (broad SMARTS) is 1. The second-order valence-corrected chi connectivity index (χ2v) is 1.85. The molecule has 1 aromatic rings. The topological polar surface area (TPSA) is 88.9 Å². The predicted octanol–water partition coefficient (Wildman–Crippen LogP) is -0.0164. The Morgan fingerprint density at radius 1 is 1.15 bits per heavy atom. The van der Waals surface area contributed by atoms with Crippen molar-refractivity contribution in [1.82, 2.24) is 20.4 Å². The molecule has 1 N–H and O–H groups in total. The minimum absolute atomic E-state index is 0.881. The van der Waals surface area contributed by atoms with Crippen molar-refractivity contribution >= 4 is 5.97 Å². The summed E-state index contributed by atoms with van der Waals surface area (Å²) in [5.41, 5.74) is 0. The van der Waals surface area contributed by atoms with E-state index in [0.29, 0.717) is 0 Å². The average molecular weight is 194 g/mol. The standard InChI is InChI=1S/C4HF3N4O2/c5-4(6,7)3-10-8-1(2(12)13)9-11-3/h(H,12,13).